The summed E-state index contributed by atoms with van der Waals surface area (Å²) in [4.78, 5) is 118. The number of rotatable bonds is 16. The molecule has 2 aromatic rings. The summed E-state index contributed by atoms with van der Waals surface area (Å²) in [5, 5.41) is 113. The number of likely N-dealkylation sites (N-methyl/N-ethyl adjacent to an activating group) is 1. The highest BCUT2D eigenvalue weighted by molar-refractivity contribution is 6.30. The van der Waals surface area contributed by atoms with E-state index in [1.54, 1.807) is 13.0 Å². The third kappa shape index (κ3) is 15.1. The van der Waals surface area contributed by atoms with Crippen LogP contribution in [0.3, 0.4) is 0 Å². The number of nitrogens with one attached hydrogen (secondary N) is 7. The molecule has 34 heteroatoms. The van der Waals surface area contributed by atoms with Gasteiger partial charge < -0.3 is 124 Å². The van der Waals surface area contributed by atoms with E-state index >= 15 is 14.4 Å². The molecule has 14 rings (SSSR count). The molecule has 4 saturated carbocycles. The molecular weight excluding hydrogens is 1480 g/mol. The summed E-state index contributed by atoms with van der Waals surface area (Å²) < 4.78 is 38.9. The number of aliphatic hydroxyl groups is 8. The number of amides is 8. The molecule has 5 heterocycles. The molecule has 7 aliphatic carbocycles. The molecular formula is C76H98Cl2N10O22. The average molecular weight is 1570 g/mol. The van der Waals surface area contributed by atoms with Crippen LogP contribution in [-0.2, 0) is 58.4 Å². The fourth-order valence-electron chi connectivity index (χ4n) is 18.9. The lowest BCUT2D eigenvalue weighted by Crippen LogP contribution is -2.88. The lowest BCUT2D eigenvalue weighted by Gasteiger charge is -2.88. The second kappa shape index (κ2) is 31.7. The molecule has 7 bridgehead atoms. The predicted octanol–water partition coefficient (Wildman–Crippen LogP) is -1.13. The van der Waals surface area contributed by atoms with Crippen LogP contribution in [0.1, 0.15) is 133 Å². The summed E-state index contributed by atoms with van der Waals surface area (Å²) in [7, 11) is 1.51. The van der Waals surface area contributed by atoms with Crippen LogP contribution in [0, 0.1) is 40.9 Å². The van der Waals surface area contributed by atoms with Gasteiger partial charge in [-0.1, -0.05) is 61.4 Å². The third-order valence-corrected chi connectivity index (χ3v) is 24.9. The largest absolute Gasteiger partial charge is 0.485 e. The first-order chi connectivity index (χ1) is 52.2. The van der Waals surface area contributed by atoms with Crippen LogP contribution in [0.2, 0.25) is 0 Å². The Morgan fingerprint density at radius 1 is 0.873 bits per heavy atom. The van der Waals surface area contributed by atoms with Gasteiger partial charge >= 0.3 is 0 Å². The monoisotopic (exact) mass is 1570 g/mol. The van der Waals surface area contributed by atoms with Crippen LogP contribution in [0.25, 0.3) is 5.57 Å². The predicted molar refractivity (Wildman–Crippen MR) is 390 cm³/mol. The van der Waals surface area contributed by atoms with Gasteiger partial charge in [-0.2, -0.15) is 0 Å². The van der Waals surface area contributed by atoms with Gasteiger partial charge in [0, 0.05) is 54.6 Å². The van der Waals surface area contributed by atoms with E-state index in [9.17, 15) is 64.8 Å². The minimum absolute atomic E-state index is 0.000332. The maximum atomic E-state index is 16.0. The maximum absolute atomic E-state index is 16.0. The minimum Gasteiger partial charge on any atom is -0.485 e. The fraction of sp³-hybridized carbons (Fsp3) is 0.605. The van der Waals surface area contributed by atoms with Crippen LogP contribution in [-0.4, -0.2) is 218 Å². The number of fused-ring (bicyclic) bond motifs is 8. The molecule has 110 heavy (non-hydrogen) atoms. The van der Waals surface area contributed by atoms with E-state index in [-0.39, 0.29) is 124 Å². The average Bonchev–Trinajstić information content (AvgIpc) is 0.663. The zero-order chi connectivity index (χ0) is 79.1. The minimum atomic E-state index is -2.81. The van der Waals surface area contributed by atoms with Gasteiger partial charge in [-0.3, -0.25) is 38.4 Å². The molecule has 598 valence electrons. The van der Waals surface area contributed by atoms with Crippen molar-refractivity contribution in [2.24, 2.45) is 58.1 Å². The van der Waals surface area contributed by atoms with Crippen molar-refractivity contribution in [3.05, 3.63) is 105 Å². The molecule has 6 fully saturated rings. The zero-order valence-electron chi connectivity index (χ0n) is 61.3. The van der Waals surface area contributed by atoms with E-state index in [1.165, 1.54) is 69.0 Å². The van der Waals surface area contributed by atoms with E-state index in [0.29, 0.717) is 17.4 Å². The Labute approximate surface area is 643 Å². The molecule has 23 unspecified atom stereocenters. The zero-order valence-corrected chi connectivity index (χ0v) is 62.8. The van der Waals surface area contributed by atoms with Crippen LogP contribution in [0.5, 0.6) is 17.2 Å². The summed E-state index contributed by atoms with van der Waals surface area (Å²) >= 11 is 13.6. The van der Waals surface area contributed by atoms with Gasteiger partial charge in [0.15, 0.2) is 23.9 Å². The quantitative estimate of drug-likeness (QED) is 0.0698. The topological polar surface area (TPSA) is 516 Å². The number of halogens is 2. The number of alkyl halides is 1. The van der Waals surface area contributed by atoms with Crippen LogP contribution >= 0.6 is 23.2 Å². The van der Waals surface area contributed by atoms with E-state index in [0.717, 1.165) is 18.9 Å². The van der Waals surface area contributed by atoms with Crippen molar-refractivity contribution in [3.8, 4) is 17.2 Å². The molecule has 8 amide bonds. The Kier molecular flexibility index (Phi) is 23.2. The first-order valence-electron chi connectivity index (χ1n) is 37.5. The number of hydrogen-bond acceptors (Lipinski definition) is 24. The van der Waals surface area contributed by atoms with Gasteiger partial charge in [0.05, 0.1) is 42.4 Å². The van der Waals surface area contributed by atoms with Crippen molar-refractivity contribution < 1.29 is 108 Å². The molecule has 2 aromatic carbocycles. The highest BCUT2D eigenvalue weighted by atomic mass is 35.5. The summed E-state index contributed by atoms with van der Waals surface area (Å²) in [6, 6.07) is -4.52. The van der Waals surface area contributed by atoms with E-state index in [4.69, 9.17) is 68.8 Å². The first-order valence-corrected chi connectivity index (χ1v) is 38.4. The van der Waals surface area contributed by atoms with Crippen molar-refractivity contribution in [2.75, 3.05) is 26.1 Å². The molecule has 0 aromatic heterocycles. The van der Waals surface area contributed by atoms with Gasteiger partial charge in [-0.05, 0) is 158 Å². The number of benzene rings is 2. The molecule has 32 nitrogen and oxygen atoms in total. The number of carbonyl (C=O) groups is 8. The number of allylic oxidation sites excluding steroid dienone is 3. The molecule has 2 saturated heterocycles. The standard InChI is InChI=1S/C76H98Cl2N10O22/c1-30(2)17-46(82-5)68(98)88-60-61(93)33(14-15-77)7-6-16-105-49-20-35-21-50(64(49)110-73-65(63(95)62(94)51(29-89)108-73)109-54-28-74(4,81)66(96)31(3)106-54)107-48-12-8-32(18-45(48)78)9-13-53(92)84-58(71(101)87-59-43-23-36-22-37-24-44(59)75(36,37)43)40-25-38(90)26-42-55(40)39-19-34(10-11-41(39)76(42,103)104)56(67(80)97)85-70(100)57(35)86-69(99)47(27-52(79)91)83-72(60)102/h6-8,10-11,14,18-21,30-31,36-38,40,43-44,46-48,51,54,56-63,65-66,73,82,89-90,93-96,103-104H,9,12-13,15-17,22-29,81H2,1-5H3,(H2,79,91)(H2,80,97)(H,83,102)(H,84,92)(H,85,100)(H,86,99)(H,87,101)(H,88,98). The molecule has 12 aliphatic rings. The van der Waals surface area contributed by atoms with Gasteiger partial charge in [0.2, 0.25) is 65.1 Å². The fourth-order valence-corrected chi connectivity index (χ4v) is 19.3. The molecule has 23 atom stereocenters. The number of nitrogens with two attached hydrogens (primary N) is 3. The Balaban J connectivity index is 0.961. The van der Waals surface area contributed by atoms with Crippen LogP contribution in [0.15, 0.2) is 82.5 Å². The number of aliphatic hydroxyl groups excluding tert-OH is 6. The number of primary amides is 2. The SMILES string of the molecule is CNC(CC(C)C)C(=O)NC1C(=O)NC(CC(N)=O)C(=O)NC2C(=O)NC(C(N)=O)c3ccc4c(c3)C3=C(CC(O)CC3C(C(=O)NC3C5CC6CC7CC3C675)NC(=O)CCC3=CCC(Oc5cc2cc(c5OC2OC(CO)C(O)C(O)C2OC2CC(C)(N)C(O)C(C)O2)OCC=CC(=CCCl)C1O)C(Cl)=C3)C4(O)O. The normalized spacial score (nSPS) is 37.8. The van der Waals surface area contributed by atoms with Gasteiger partial charge in [-0.15, -0.1) is 11.6 Å². The Bertz CT molecular complexity index is 4130. The van der Waals surface area contributed by atoms with Crippen LogP contribution < -0.4 is 68.6 Å². The van der Waals surface area contributed by atoms with Gasteiger partial charge in [0.1, 0.15) is 67.3 Å². The Morgan fingerprint density at radius 3 is 2.25 bits per heavy atom. The summed E-state index contributed by atoms with van der Waals surface area (Å²) in [5.41, 5.74) is 17.5. The lowest BCUT2D eigenvalue weighted by atomic mass is 9.17. The van der Waals surface area contributed by atoms with Crippen molar-refractivity contribution >= 4 is 76.0 Å². The summed E-state index contributed by atoms with van der Waals surface area (Å²) in [6.45, 7) is 5.30. The number of ether oxygens (including phenoxy) is 6. The van der Waals surface area contributed by atoms with E-state index in [1.807, 2.05) is 13.8 Å². The summed E-state index contributed by atoms with van der Waals surface area (Å²) in [5.74, 6) is -12.1. The first kappa shape index (κ1) is 80.4. The van der Waals surface area contributed by atoms with Crippen molar-refractivity contribution in [1.82, 2.24) is 37.2 Å². The molecule has 0 radical (unpaired) electrons. The van der Waals surface area contributed by atoms with Crippen molar-refractivity contribution in [2.45, 2.75) is 219 Å². The molecule has 1 spiro atoms. The smallest absolute Gasteiger partial charge is 0.248 e. The molecule has 21 N–H and O–H groups in total. The van der Waals surface area contributed by atoms with E-state index < -0.39 is 205 Å². The Hall–Kier alpha value is -7.64. The molecule has 5 aliphatic heterocycles. The third-order valence-electron chi connectivity index (χ3n) is 24.3. The van der Waals surface area contributed by atoms with Crippen LogP contribution in [0.4, 0.5) is 0 Å². The number of carbonyl (C=O) groups excluding carboxylic acids is 8. The van der Waals surface area contributed by atoms with Crippen molar-refractivity contribution in [1.29, 1.82) is 0 Å². The summed E-state index contributed by atoms with van der Waals surface area (Å²) in [6.07, 6.45) is -8.58. The van der Waals surface area contributed by atoms with Crippen molar-refractivity contribution in [3.63, 3.8) is 0 Å². The van der Waals surface area contributed by atoms with Gasteiger partial charge in [0.25, 0.3) is 0 Å². The maximum Gasteiger partial charge on any atom is 0.248 e. The highest BCUT2D eigenvalue weighted by Gasteiger charge is 2.84. The highest BCUT2D eigenvalue weighted by Crippen LogP contribution is 2.87. The lowest BCUT2D eigenvalue weighted by molar-refractivity contribution is -0.390. The van der Waals surface area contributed by atoms with E-state index in [2.05, 4.69) is 37.2 Å². The Morgan fingerprint density at radius 2 is 1.60 bits per heavy atom. The number of hydrogen-bond donors (Lipinski definition) is 18. The second-order valence-electron chi connectivity index (χ2n) is 31.8. The second-order valence-corrected chi connectivity index (χ2v) is 32.5. The van der Waals surface area contributed by atoms with Gasteiger partial charge in [-0.25, -0.2) is 0 Å².